The normalized spacial score (nSPS) is 9.92. The number of rotatable bonds is 3. The Morgan fingerprint density at radius 1 is 1.62 bits per heavy atom. The maximum absolute atomic E-state index is 10.1. The van der Waals surface area contributed by atoms with Crippen molar-refractivity contribution in [1.82, 2.24) is 0 Å². The average molecular weight is 248 g/mol. The molecule has 0 aliphatic rings. The molecule has 0 heterocycles. The molecule has 8 heteroatoms. The van der Waals surface area contributed by atoms with Gasteiger partial charge in [-0.25, -0.2) is 4.79 Å². The van der Waals surface area contributed by atoms with Crippen molar-refractivity contribution < 1.29 is 24.4 Å². The number of carbonyl (C=O) groups excluding carboxylic acids is 1. The van der Waals surface area contributed by atoms with Gasteiger partial charge in [0.25, 0.3) is 0 Å². The van der Waals surface area contributed by atoms with Crippen LogP contribution in [0.25, 0.3) is 0 Å². The summed E-state index contributed by atoms with van der Waals surface area (Å²) in [4.78, 5) is 25.8. The fraction of sp³-hybridized carbons (Fsp3) is 0.800. The summed E-state index contributed by atoms with van der Waals surface area (Å²) in [5.74, 6) is -0.549. The smallest absolute Gasteiger partial charge is 0.331 e. The molecule has 0 rings (SSSR count). The van der Waals surface area contributed by atoms with Crippen LogP contribution >= 0.6 is 17.9 Å². The van der Waals surface area contributed by atoms with Gasteiger partial charge in [0.2, 0.25) is 5.69 Å². The van der Waals surface area contributed by atoms with E-state index in [1.54, 1.807) is 0 Å². The highest BCUT2D eigenvalue weighted by molar-refractivity contribution is 8.59. The molecule has 80 valence electrons. The zero-order chi connectivity index (χ0) is 10.9. The highest BCUT2D eigenvalue weighted by Gasteiger charge is 1.94. The summed E-state index contributed by atoms with van der Waals surface area (Å²) in [5.41, 5.74) is -3.11. The molecule has 0 spiro atoms. The van der Waals surface area contributed by atoms with Crippen LogP contribution in [-0.4, -0.2) is 34.1 Å². The van der Waals surface area contributed by atoms with Gasteiger partial charge in [-0.1, -0.05) is 19.2 Å². The van der Waals surface area contributed by atoms with Gasteiger partial charge in [0, 0.05) is 0 Å². The average Bonchev–Trinajstić information content (AvgIpc) is 1.97. The second-order valence-electron chi connectivity index (χ2n) is 1.89. The minimum absolute atomic E-state index is 0.402. The van der Waals surface area contributed by atoms with Gasteiger partial charge in [-0.3, -0.25) is 0 Å². The van der Waals surface area contributed by atoms with Crippen LogP contribution in [0.15, 0.2) is 0 Å². The fourth-order valence-corrected chi connectivity index (χ4v) is 0.262. The van der Waals surface area contributed by atoms with Gasteiger partial charge in [-0.05, 0) is 18.2 Å². The van der Waals surface area contributed by atoms with Gasteiger partial charge < -0.3 is 19.6 Å². The molecule has 0 aliphatic carbocycles. The van der Waals surface area contributed by atoms with E-state index in [0.29, 0.717) is 6.61 Å². The van der Waals surface area contributed by atoms with Gasteiger partial charge in [-0.15, -0.1) is 0 Å². The predicted molar refractivity (Wildman–Crippen MR) is 56.0 cm³/mol. The Bertz CT molecular complexity index is 171. The zero-order valence-electron chi connectivity index (χ0n) is 7.08. The molecule has 0 fully saturated rings. The topological polar surface area (TPSA) is 87.0 Å². The number of aliphatic hydroxyl groups is 1. The third-order valence-corrected chi connectivity index (χ3v) is 0.596. The monoisotopic (exact) mass is 248 g/mol. The SMILES string of the molecule is CCCOC(=O)CO.OP(O)(=S)S. The van der Waals surface area contributed by atoms with Crippen LogP contribution in [0, 0.1) is 0 Å². The highest BCUT2D eigenvalue weighted by Crippen LogP contribution is 2.39. The second kappa shape index (κ2) is 8.93. The Labute approximate surface area is 87.1 Å². The van der Waals surface area contributed by atoms with Crippen LogP contribution < -0.4 is 0 Å². The summed E-state index contributed by atoms with van der Waals surface area (Å²) in [6.07, 6.45) is 0.797. The molecule has 13 heavy (non-hydrogen) atoms. The molecular weight excluding hydrogens is 235 g/mol. The molecule has 0 aromatic carbocycles. The fourth-order valence-electron chi connectivity index (χ4n) is 0.262. The van der Waals surface area contributed by atoms with Crippen molar-refractivity contribution in [3.8, 4) is 0 Å². The first-order valence-corrected chi connectivity index (χ1v) is 7.22. The van der Waals surface area contributed by atoms with Gasteiger partial charge >= 0.3 is 5.97 Å². The Balaban J connectivity index is 0. The van der Waals surface area contributed by atoms with E-state index in [9.17, 15) is 4.79 Å². The van der Waals surface area contributed by atoms with E-state index in [4.69, 9.17) is 14.9 Å². The lowest BCUT2D eigenvalue weighted by Gasteiger charge is -1.96. The molecule has 0 amide bonds. The van der Waals surface area contributed by atoms with Crippen molar-refractivity contribution in [3.05, 3.63) is 0 Å². The van der Waals surface area contributed by atoms with Crippen LogP contribution in [0.2, 0.25) is 0 Å². The first-order chi connectivity index (χ1) is 5.81. The second-order valence-corrected chi connectivity index (χ2v) is 6.93. The molecule has 0 saturated heterocycles. The Morgan fingerprint density at radius 2 is 2.00 bits per heavy atom. The summed E-state index contributed by atoms with van der Waals surface area (Å²) in [5, 5.41) is 8.09. The minimum Gasteiger partial charge on any atom is -0.464 e. The lowest BCUT2D eigenvalue weighted by Crippen LogP contribution is -2.08. The molecule has 0 radical (unpaired) electrons. The molecule has 5 nitrogen and oxygen atoms in total. The maximum atomic E-state index is 10.1. The number of carbonyl (C=O) groups is 1. The number of thiol groups is 1. The largest absolute Gasteiger partial charge is 0.464 e. The van der Waals surface area contributed by atoms with Crippen molar-refractivity contribution in [1.29, 1.82) is 0 Å². The van der Waals surface area contributed by atoms with E-state index < -0.39 is 18.3 Å². The zero-order valence-corrected chi connectivity index (χ0v) is 9.69. The van der Waals surface area contributed by atoms with Gasteiger partial charge in [-0.2, -0.15) is 0 Å². The lowest BCUT2D eigenvalue weighted by atomic mass is 10.5. The molecule has 0 atom stereocenters. The van der Waals surface area contributed by atoms with Gasteiger partial charge in [0.05, 0.1) is 6.61 Å². The number of ether oxygens (including phenoxy) is 1. The summed E-state index contributed by atoms with van der Waals surface area (Å²) >= 11 is 7.07. The summed E-state index contributed by atoms with van der Waals surface area (Å²) in [6, 6.07) is 0. The molecular formula is C5H13O5PS2. The first kappa shape index (κ1) is 15.8. The summed E-state index contributed by atoms with van der Waals surface area (Å²) in [7, 11) is 0. The van der Waals surface area contributed by atoms with Crippen LogP contribution in [0.4, 0.5) is 0 Å². The van der Waals surface area contributed by atoms with Crippen LogP contribution in [0.1, 0.15) is 13.3 Å². The Morgan fingerprint density at radius 3 is 2.23 bits per heavy atom. The van der Waals surface area contributed by atoms with E-state index in [-0.39, 0.29) is 0 Å². The standard InChI is InChI=1S/C5H10O3.H3O2PS2/c1-2-3-8-5(7)4-6;1-3(2,4)5/h6H,2-4H2,1H3;(H3,1,2,4,5). The molecule has 3 N–H and O–H groups in total. The number of esters is 1. The highest BCUT2D eigenvalue weighted by atomic mass is 32.9. The maximum Gasteiger partial charge on any atom is 0.331 e. The quantitative estimate of drug-likeness (QED) is 0.321. The third kappa shape index (κ3) is 32.8. The molecule has 0 saturated carbocycles. The van der Waals surface area contributed by atoms with Crippen molar-refractivity contribution in [2.24, 2.45) is 0 Å². The predicted octanol–water partition coefficient (Wildman–Crippen LogP) is 0.0572. The molecule has 0 bridgehead atoms. The van der Waals surface area contributed by atoms with E-state index in [1.165, 1.54) is 0 Å². The minimum atomic E-state index is -3.11. The number of hydrogen-bond acceptors (Lipinski definition) is 4. The van der Waals surface area contributed by atoms with Gasteiger partial charge in [0.1, 0.15) is 6.61 Å². The third-order valence-electron chi connectivity index (χ3n) is 0.596. The van der Waals surface area contributed by atoms with Crippen LogP contribution in [0.3, 0.4) is 0 Å². The lowest BCUT2D eigenvalue weighted by molar-refractivity contribution is -0.146. The summed E-state index contributed by atoms with van der Waals surface area (Å²) < 4.78 is 4.45. The number of aliphatic hydroxyl groups excluding tert-OH is 1. The molecule has 0 aromatic rings. The molecule has 0 aromatic heterocycles. The van der Waals surface area contributed by atoms with Crippen molar-refractivity contribution in [3.63, 3.8) is 0 Å². The number of hydrogen-bond donors (Lipinski definition) is 4. The van der Waals surface area contributed by atoms with E-state index in [1.807, 2.05) is 6.92 Å². The molecule has 0 aliphatic heterocycles. The Kier molecular flexibility index (Phi) is 10.9. The van der Waals surface area contributed by atoms with E-state index in [0.717, 1.165) is 6.42 Å². The van der Waals surface area contributed by atoms with E-state index in [2.05, 4.69) is 28.8 Å². The van der Waals surface area contributed by atoms with Crippen molar-refractivity contribution in [2.45, 2.75) is 13.3 Å². The Hall–Kier alpha value is 0.350. The van der Waals surface area contributed by atoms with Crippen molar-refractivity contribution in [2.75, 3.05) is 13.2 Å². The van der Waals surface area contributed by atoms with Crippen molar-refractivity contribution >= 4 is 35.7 Å². The van der Waals surface area contributed by atoms with Crippen LogP contribution in [-0.2, 0) is 21.3 Å². The molecule has 0 unspecified atom stereocenters. The van der Waals surface area contributed by atoms with E-state index >= 15 is 0 Å². The first-order valence-electron chi connectivity index (χ1n) is 3.36. The van der Waals surface area contributed by atoms with Gasteiger partial charge in [0.15, 0.2) is 0 Å². The summed E-state index contributed by atoms with van der Waals surface area (Å²) in [6.45, 7) is 1.78. The van der Waals surface area contributed by atoms with Crippen LogP contribution in [0.5, 0.6) is 0 Å².